The van der Waals surface area contributed by atoms with Gasteiger partial charge in [-0.3, -0.25) is 4.79 Å². The number of aromatic nitrogens is 2. The number of H-pyrrole nitrogens is 1. The topological polar surface area (TPSA) is 113 Å². The highest BCUT2D eigenvalue weighted by atomic mass is 16.1. The second-order valence-electron chi connectivity index (χ2n) is 2.96. The molecular formula is C7H10N6O. The van der Waals surface area contributed by atoms with Crippen LogP contribution >= 0.6 is 0 Å². The number of fused-ring (bicyclic) bond motifs is 1. The molecule has 0 saturated carbocycles. The number of amides is 1. The van der Waals surface area contributed by atoms with Gasteiger partial charge in [0, 0.05) is 0 Å². The highest BCUT2D eigenvalue weighted by Gasteiger charge is 2.23. The molecule has 1 aliphatic heterocycles. The van der Waals surface area contributed by atoms with Gasteiger partial charge in [-0.05, 0) is 0 Å². The molecule has 14 heavy (non-hydrogen) atoms. The normalized spacial score (nSPS) is 19.5. The molecule has 74 valence electrons. The van der Waals surface area contributed by atoms with Crippen LogP contribution in [0.15, 0.2) is 11.3 Å². The molecule has 0 saturated heterocycles. The maximum Gasteiger partial charge on any atom is 0.237 e. The molecule has 1 aromatic rings. The molecule has 5 N–H and O–H groups in total. The maximum absolute atomic E-state index is 10.7. The first-order chi connectivity index (χ1) is 6.68. The summed E-state index contributed by atoms with van der Waals surface area (Å²) in [6.07, 6.45) is 2.52. The van der Waals surface area contributed by atoms with Crippen LogP contribution in [0.1, 0.15) is 11.9 Å². The van der Waals surface area contributed by atoms with Crippen molar-refractivity contribution in [3.8, 4) is 0 Å². The largest absolute Gasteiger partial charge is 0.368 e. The minimum Gasteiger partial charge on any atom is -0.368 e. The van der Waals surface area contributed by atoms with Gasteiger partial charge in [-0.25, -0.2) is 9.98 Å². The fraction of sp³-hybridized carbons (Fsp3) is 0.286. The van der Waals surface area contributed by atoms with Gasteiger partial charge in [0.05, 0.1) is 19.2 Å². The van der Waals surface area contributed by atoms with Crippen molar-refractivity contribution in [3.05, 3.63) is 12.0 Å². The van der Waals surface area contributed by atoms with Gasteiger partial charge in [-0.1, -0.05) is 0 Å². The van der Waals surface area contributed by atoms with Crippen LogP contribution in [-0.2, 0) is 4.79 Å². The van der Waals surface area contributed by atoms with E-state index in [2.05, 4.69) is 15.0 Å². The van der Waals surface area contributed by atoms with Crippen LogP contribution in [0.3, 0.4) is 0 Å². The third-order valence-corrected chi connectivity index (χ3v) is 1.96. The van der Waals surface area contributed by atoms with Crippen LogP contribution in [0.2, 0.25) is 0 Å². The number of hydrogen-bond donors (Lipinski definition) is 3. The highest BCUT2D eigenvalue weighted by molar-refractivity contribution is 5.79. The molecule has 0 bridgehead atoms. The van der Waals surface area contributed by atoms with Gasteiger partial charge in [0.1, 0.15) is 11.9 Å². The van der Waals surface area contributed by atoms with Gasteiger partial charge >= 0.3 is 0 Å². The molecule has 0 spiro atoms. The van der Waals surface area contributed by atoms with Gasteiger partial charge in [0.25, 0.3) is 0 Å². The summed E-state index contributed by atoms with van der Waals surface area (Å²) in [7, 11) is 0. The van der Waals surface area contributed by atoms with Crippen molar-refractivity contribution in [2.75, 3.05) is 6.54 Å². The molecule has 1 aliphatic rings. The molecule has 0 aromatic carbocycles. The smallest absolute Gasteiger partial charge is 0.237 e. The van der Waals surface area contributed by atoms with E-state index in [1.165, 1.54) is 17.6 Å². The number of aromatic amines is 1. The van der Waals surface area contributed by atoms with Crippen LogP contribution in [0.5, 0.6) is 0 Å². The Hall–Kier alpha value is -1.89. The zero-order valence-corrected chi connectivity index (χ0v) is 7.34. The molecule has 1 unspecified atom stereocenters. The van der Waals surface area contributed by atoms with Crippen LogP contribution in [-0.4, -0.2) is 33.7 Å². The number of nitrogens with zero attached hydrogens (tertiary/aromatic N) is 3. The number of aliphatic imine (C=N–C) groups is 1. The Kier molecular flexibility index (Phi) is 1.93. The molecule has 0 radical (unpaired) electrons. The van der Waals surface area contributed by atoms with Crippen LogP contribution in [0, 0.1) is 0 Å². The number of hydrogen-bond acceptors (Lipinski definition) is 5. The molecule has 0 aliphatic carbocycles. The quantitative estimate of drug-likeness (QED) is 0.550. The monoisotopic (exact) mass is 194 g/mol. The number of carbonyl (C=O) groups is 1. The second kappa shape index (κ2) is 3.11. The predicted octanol–water partition coefficient (Wildman–Crippen LogP) is -1.17. The summed E-state index contributed by atoms with van der Waals surface area (Å²) in [5.41, 5.74) is 11.5. The predicted molar refractivity (Wildman–Crippen MR) is 49.6 cm³/mol. The van der Waals surface area contributed by atoms with Crippen LogP contribution in [0.4, 0.5) is 5.82 Å². The summed E-state index contributed by atoms with van der Waals surface area (Å²) < 4.78 is 0. The number of primary amides is 1. The first-order valence-corrected chi connectivity index (χ1v) is 4.05. The zero-order valence-electron chi connectivity index (χ0n) is 7.34. The average Bonchev–Trinajstić information content (AvgIpc) is 2.57. The number of nitrogens with two attached hydrogens (primary N) is 2. The lowest BCUT2D eigenvalue weighted by atomic mass is 10.3. The number of rotatable bonds is 2. The van der Waals surface area contributed by atoms with E-state index in [4.69, 9.17) is 11.5 Å². The number of imidazole rings is 1. The first kappa shape index (κ1) is 8.70. The molecule has 1 aromatic heterocycles. The second-order valence-corrected chi connectivity index (χ2v) is 2.96. The minimum absolute atomic E-state index is 0.0387. The fourth-order valence-corrected chi connectivity index (χ4v) is 1.30. The highest BCUT2D eigenvalue weighted by Crippen LogP contribution is 2.25. The molecular weight excluding hydrogens is 184 g/mol. The lowest BCUT2D eigenvalue weighted by Crippen LogP contribution is -2.41. The molecule has 7 heteroatoms. The Labute approximate surface area is 79.8 Å². The third-order valence-electron chi connectivity index (χ3n) is 1.96. The van der Waals surface area contributed by atoms with E-state index in [1.54, 1.807) is 0 Å². The Morgan fingerprint density at radius 1 is 1.71 bits per heavy atom. The fourth-order valence-electron chi connectivity index (χ4n) is 1.30. The average molecular weight is 194 g/mol. The van der Waals surface area contributed by atoms with Crippen molar-refractivity contribution < 1.29 is 4.79 Å². The lowest BCUT2D eigenvalue weighted by molar-refractivity contribution is -0.118. The Bertz CT molecular complexity index is 383. The van der Waals surface area contributed by atoms with Crippen molar-refractivity contribution in [3.63, 3.8) is 0 Å². The van der Waals surface area contributed by atoms with Crippen molar-refractivity contribution in [2.24, 2.45) is 16.5 Å². The zero-order chi connectivity index (χ0) is 10.1. The SMILES string of the molecule is NC(=O)CN1C=Nc2[nH]cnc2C1N. The summed E-state index contributed by atoms with van der Waals surface area (Å²) >= 11 is 0. The van der Waals surface area contributed by atoms with Gasteiger partial charge < -0.3 is 21.4 Å². The summed E-state index contributed by atoms with van der Waals surface area (Å²) in [5, 5.41) is 0. The molecule has 2 heterocycles. The summed E-state index contributed by atoms with van der Waals surface area (Å²) in [5.74, 6) is 0.170. The van der Waals surface area contributed by atoms with Crippen molar-refractivity contribution >= 4 is 18.1 Å². The van der Waals surface area contributed by atoms with E-state index in [-0.39, 0.29) is 6.54 Å². The van der Waals surface area contributed by atoms with E-state index in [0.717, 1.165) is 0 Å². The van der Waals surface area contributed by atoms with Gasteiger partial charge in [0.15, 0.2) is 5.82 Å². The Morgan fingerprint density at radius 3 is 3.21 bits per heavy atom. The Balaban J connectivity index is 2.23. The van der Waals surface area contributed by atoms with E-state index < -0.39 is 12.1 Å². The van der Waals surface area contributed by atoms with Gasteiger partial charge in [-0.15, -0.1) is 0 Å². The Morgan fingerprint density at radius 2 is 2.50 bits per heavy atom. The van der Waals surface area contributed by atoms with E-state index in [0.29, 0.717) is 11.5 Å². The van der Waals surface area contributed by atoms with E-state index in [9.17, 15) is 4.79 Å². The standard InChI is InChI=1S/C7H10N6O/c8-4(14)1-13-3-12-7-5(6(13)9)10-2-11-7/h2-3,6H,1,9H2,(H2,8,14)(H,10,11). The lowest BCUT2D eigenvalue weighted by Gasteiger charge is -2.26. The molecule has 1 amide bonds. The number of nitrogens with one attached hydrogen (secondary N) is 1. The summed E-state index contributed by atoms with van der Waals surface area (Å²) in [4.78, 5) is 23.1. The van der Waals surface area contributed by atoms with Crippen LogP contribution in [0.25, 0.3) is 0 Å². The van der Waals surface area contributed by atoms with Crippen molar-refractivity contribution in [1.82, 2.24) is 14.9 Å². The molecule has 0 fully saturated rings. The first-order valence-electron chi connectivity index (χ1n) is 4.05. The summed E-state index contributed by atoms with van der Waals surface area (Å²) in [6, 6.07) is 0. The molecule has 7 nitrogen and oxygen atoms in total. The number of carbonyl (C=O) groups excluding carboxylic acids is 1. The van der Waals surface area contributed by atoms with Crippen LogP contribution < -0.4 is 11.5 Å². The van der Waals surface area contributed by atoms with Crippen molar-refractivity contribution in [2.45, 2.75) is 6.17 Å². The van der Waals surface area contributed by atoms with Gasteiger partial charge in [-0.2, -0.15) is 0 Å². The summed E-state index contributed by atoms with van der Waals surface area (Å²) in [6.45, 7) is 0.0387. The molecule has 2 rings (SSSR count). The van der Waals surface area contributed by atoms with Crippen molar-refractivity contribution in [1.29, 1.82) is 0 Å². The van der Waals surface area contributed by atoms with E-state index >= 15 is 0 Å². The van der Waals surface area contributed by atoms with E-state index in [1.807, 2.05) is 0 Å². The maximum atomic E-state index is 10.7. The minimum atomic E-state index is -0.471. The third kappa shape index (κ3) is 1.33. The molecule has 1 atom stereocenters. The van der Waals surface area contributed by atoms with Gasteiger partial charge in [0.2, 0.25) is 5.91 Å².